The minimum atomic E-state index is -0.434. The standard InChI is InChI=1S/C15H12N2O3/c1-17-14(18)12(16-15(17)19)9-11-7-8-13(20-11)10-5-3-2-4-6-10/h2-9H,1H3,(H,16,19)/b12-9+. The monoisotopic (exact) mass is 268 g/mol. The first-order valence-electron chi connectivity index (χ1n) is 6.11. The van der Waals surface area contributed by atoms with Crippen LogP contribution in [0.4, 0.5) is 4.79 Å². The molecule has 20 heavy (non-hydrogen) atoms. The molecule has 0 spiro atoms. The Hall–Kier alpha value is -2.82. The molecule has 0 atom stereocenters. The van der Waals surface area contributed by atoms with Gasteiger partial charge in [0.05, 0.1) is 0 Å². The van der Waals surface area contributed by atoms with Gasteiger partial charge in [0.15, 0.2) is 0 Å². The van der Waals surface area contributed by atoms with Crippen LogP contribution in [0.5, 0.6) is 0 Å². The van der Waals surface area contributed by atoms with Gasteiger partial charge in [0, 0.05) is 18.7 Å². The molecule has 1 fully saturated rings. The van der Waals surface area contributed by atoms with Crippen LogP contribution in [0.25, 0.3) is 17.4 Å². The van der Waals surface area contributed by atoms with E-state index in [1.54, 1.807) is 6.07 Å². The number of rotatable bonds is 2. The van der Waals surface area contributed by atoms with Gasteiger partial charge < -0.3 is 9.73 Å². The molecule has 0 unspecified atom stereocenters. The molecule has 1 aromatic carbocycles. The van der Waals surface area contributed by atoms with Crippen molar-refractivity contribution in [1.29, 1.82) is 0 Å². The maximum Gasteiger partial charge on any atom is 0.328 e. The number of nitrogens with one attached hydrogen (secondary N) is 1. The molecule has 0 aliphatic carbocycles. The van der Waals surface area contributed by atoms with Gasteiger partial charge in [-0.05, 0) is 12.1 Å². The largest absolute Gasteiger partial charge is 0.457 e. The van der Waals surface area contributed by atoms with Gasteiger partial charge in [-0.1, -0.05) is 30.3 Å². The molecule has 5 nitrogen and oxygen atoms in total. The number of hydrogen-bond acceptors (Lipinski definition) is 3. The third kappa shape index (κ3) is 2.09. The third-order valence-corrected chi connectivity index (χ3v) is 3.05. The Labute approximate surface area is 115 Å². The highest BCUT2D eigenvalue weighted by molar-refractivity contribution is 6.13. The van der Waals surface area contributed by atoms with Gasteiger partial charge >= 0.3 is 6.03 Å². The van der Waals surface area contributed by atoms with Crippen LogP contribution in [-0.4, -0.2) is 23.9 Å². The topological polar surface area (TPSA) is 62.6 Å². The fourth-order valence-electron chi connectivity index (χ4n) is 1.95. The van der Waals surface area contributed by atoms with E-state index in [1.165, 1.54) is 13.1 Å². The number of nitrogens with zero attached hydrogens (tertiary/aromatic N) is 1. The van der Waals surface area contributed by atoms with Crippen molar-refractivity contribution in [3.8, 4) is 11.3 Å². The lowest BCUT2D eigenvalue weighted by Gasteiger charge is -1.99. The van der Waals surface area contributed by atoms with Crippen molar-refractivity contribution >= 4 is 18.0 Å². The summed E-state index contributed by atoms with van der Waals surface area (Å²) in [6.07, 6.45) is 1.52. The van der Waals surface area contributed by atoms with Crippen LogP contribution >= 0.6 is 0 Å². The molecular formula is C15H12N2O3. The number of benzene rings is 1. The molecular weight excluding hydrogens is 256 g/mol. The van der Waals surface area contributed by atoms with Gasteiger partial charge in [0.25, 0.3) is 5.91 Å². The summed E-state index contributed by atoms with van der Waals surface area (Å²) in [5.41, 5.74) is 1.17. The first-order valence-corrected chi connectivity index (χ1v) is 6.11. The smallest absolute Gasteiger partial charge is 0.328 e. The maximum atomic E-state index is 11.7. The summed E-state index contributed by atoms with van der Waals surface area (Å²) in [5, 5.41) is 2.49. The average Bonchev–Trinajstić information content (AvgIpc) is 3.02. The van der Waals surface area contributed by atoms with Crippen molar-refractivity contribution in [2.24, 2.45) is 0 Å². The van der Waals surface area contributed by atoms with E-state index < -0.39 is 6.03 Å². The van der Waals surface area contributed by atoms with Crippen molar-refractivity contribution in [1.82, 2.24) is 10.2 Å². The number of furan rings is 1. The Morgan fingerprint density at radius 3 is 2.50 bits per heavy atom. The zero-order chi connectivity index (χ0) is 14.1. The molecule has 3 amide bonds. The highest BCUT2D eigenvalue weighted by Crippen LogP contribution is 2.23. The van der Waals surface area contributed by atoms with Gasteiger partial charge in [-0.25, -0.2) is 4.79 Å². The highest BCUT2D eigenvalue weighted by Gasteiger charge is 2.30. The number of amides is 3. The maximum absolute atomic E-state index is 11.7. The minimum Gasteiger partial charge on any atom is -0.457 e. The van der Waals surface area contributed by atoms with Crippen molar-refractivity contribution < 1.29 is 14.0 Å². The van der Waals surface area contributed by atoms with E-state index in [-0.39, 0.29) is 11.6 Å². The van der Waals surface area contributed by atoms with Crippen LogP contribution in [0, 0.1) is 0 Å². The second-order valence-corrected chi connectivity index (χ2v) is 4.42. The van der Waals surface area contributed by atoms with Crippen LogP contribution in [0.1, 0.15) is 5.76 Å². The van der Waals surface area contributed by atoms with Crippen LogP contribution in [-0.2, 0) is 4.79 Å². The molecule has 0 saturated carbocycles. The summed E-state index contributed by atoms with van der Waals surface area (Å²) in [6, 6.07) is 12.8. The lowest BCUT2D eigenvalue weighted by atomic mass is 10.2. The second kappa shape index (κ2) is 4.70. The summed E-state index contributed by atoms with van der Waals surface area (Å²) in [5.74, 6) is 0.859. The lowest BCUT2D eigenvalue weighted by molar-refractivity contribution is -0.121. The Morgan fingerprint density at radius 2 is 1.85 bits per heavy atom. The van der Waals surface area contributed by atoms with E-state index in [1.807, 2.05) is 36.4 Å². The third-order valence-electron chi connectivity index (χ3n) is 3.05. The van der Waals surface area contributed by atoms with Gasteiger partial charge in [0.1, 0.15) is 17.2 Å². The first kappa shape index (κ1) is 12.2. The van der Waals surface area contributed by atoms with Crippen LogP contribution in [0.15, 0.2) is 52.6 Å². The summed E-state index contributed by atoms with van der Waals surface area (Å²) in [7, 11) is 1.43. The van der Waals surface area contributed by atoms with Gasteiger partial charge in [-0.2, -0.15) is 0 Å². The van der Waals surface area contributed by atoms with Crippen LogP contribution in [0.3, 0.4) is 0 Å². The Morgan fingerprint density at radius 1 is 1.10 bits per heavy atom. The van der Waals surface area contributed by atoms with E-state index in [0.29, 0.717) is 11.5 Å². The van der Waals surface area contributed by atoms with Crippen molar-refractivity contribution in [2.45, 2.75) is 0 Å². The number of carbonyl (C=O) groups excluding carboxylic acids is 2. The molecule has 1 aromatic heterocycles. The zero-order valence-electron chi connectivity index (χ0n) is 10.8. The minimum absolute atomic E-state index is 0.214. The highest BCUT2D eigenvalue weighted by atomic mass is 16.3. The predicted octanol–water partition coefficient (Wildman–Crippen LogP) is 2.47. The van der Waals surface area contributed by atoms with Gasteiger partial charge in [0.2, 0.25) is 0 Å². The Kier molecular flexibility index (Phi) is 2.87. The van der Waals surface area contributed by atoms with Crippen molar-refractivity contribution in [2.75, 3.05) is 7.05 Å². The fraction of sp³-hybridized carbons (Fsp3) is 0.0667. The first-order chi connectivity index (χ1) is 9.65. The molecule has 1 N–H and O–H groups in total. The summed E-state index contributed by atoms with van der Waals surface area (Å²) in [4.78, 5) is 24.1. The molecule has 2 heterocycles. The van der Waals surface area contributed by atoms with Crippen molar-refractivity contribution in [3.05, 3.63) is 53.9 Å². The normalized spacial score (nSPS) is 16.9. The number of carbonyl (C=O) groups is 2. The second-order valence-electron chi connectivity index (χ2n) is 4.42. The van der Waals surface area contributed by atoms with Crippen molar-refractivity contribution in [3.63, 3.8) is 0 Å². The Bertz CT molecular complexity index is 701. The summed E-state index contributed by atoms with van der Waals surface area (Å²) < 4.78 is 5.65. The number of imide groups is 1. The molecule has 0 radical (unpaired) electrons. The summed E-state index contributed by atoms with van der Waals surface area (Å²) in [6.45, 7) is 0. The molecule has 2 aromatic rings. The predicted molar refractivity (Wildman–Crippen MR) is 73.4 cm³/mol. The van der Waals surface area contributed by atoms with Crippen LogP contribution < -0.4 is 5.32 Å². The SMILES string of the molecule is CN1C(=O)N/C(=C/c2ccc(-c3ccccc3)o2)C1=O. The summed E-state index contributed by atoms with van der Waals surface area (Å²) >= 11 is 0. The molecule has 1 aliphatic rings. The Balaban J connectivity index is 1.89. The van der Waals surface area contributed by atoms with Gasteiger partial charge in [-0.15, -0.1) is 0 Å². The average molecular weight is 268 g/mol. The fourth-order valence-corrected chi connectivity index (χ4v) is 1.95. The quantitative estimate of drug-likeness (QED) is 0.672. The van der Waals surface area contributed by atoms with E-state index in [0.717, 1.165) is 10.5 Å². The molecule has 3 rings (SSSR count). The zero-order valence-corrected chi connectivity index (χ0v) is 10.8. The molecule has 0 bridgehead atoms. The number of hydrogen-bond donors (Lipinski definition) is 1. The van der Waals surface area contributed by atoms with Gasteiger partial charge in [-0.3, -0.25) is 9.69 Å². The molecule has 5 heteroatoms. The molecule has 1 aliphatic heterocycles. The number of urea groups is 1. The van der Waals surface area contributed by atoms with E-state index >= 15 is 0 Å². The lowest BCUT2D eigenvalue weighted by Crippen LogP contribution is -2.25. The van der Waals surface area contributed by atoms with E-state index in [4.69, 9.17) is 4.42 Å². The number of likely N-dealkylation sites (N-methyl/N-ethyl adjacent to an activating group) is 1. The van der Waals surface area contributed by atoms with E-state index in [9.17, 15) is 9.59 Å². The van der Waals surface area contributed by atoms with E-state index in [2.05, 4.69) is 5.32 Å². The molecule has 100 valence electrons. The molecule has 1 saturated heterocycles. The van der Waals surface area contributed by atoms with Crippen LogP contribution in [0.2, 0.25) is 0 Å².